The number of nitriles is 1. The van der Waals surface area contributed by atoms with Gasteiger partial charge in [-0.05, 0) is 32.9 Å². The molecule has 2 nitrogen and oxygen atoms in total. The maximum Gasteiger partial charge on any atom is 0.188 e. The van der Waals surface area contributed by atoms with Gasteiger partial charge in [0.05, 0.1) is 0 Å². The van der Waals surface area contributed by atoms with Gasteiger partial charge >= 0.3 is 0 Å². The fourth-order valence-corrected chi connectivity index (χ4v) is 0.924. The number of benzene rings is 1. The molecule has 2 heteroatoms. The van der Waals surface area contributed by atoms with Crippen LogP contribution in [0.25, 0.3) is 0 Å². The van der Waals surface area contributed by atoms with Crippen LogP contribution in [0.3, 0.4) is 0 Å². The second-order valence-corrected chi connectivity index (χ2v) is 3.54. The van der Waals surface area contributed by atoms with Gasteiger partial charge in [0.25, 0.3) is 0 Å². The monoisotopic (exact) mass is 175 g/mol. The Morgan fingerprint density at radius 3 is 2.23 bits per heavy atom. The van der Waals surface area contributed by atoms with E-state index >= 15 is 0 Å². The highest BCUT2D eigenvalue weighted by Crippen LogP contribution is 2.17. The molecule has 0 saturated heterocycles. The standard InChI is InChI=1S/C11H13NO/c1-9-4-6-10(7-5-9)13-11(2,3)8-12/h4-7H,1-3H3. The third kappa shape index (κ3) is 2.79. The van der Waals surface area contributed by atoms with Crippen molar-refractivity contribution in [2.24, 2.45) is 0 Å². The number of hydrogen-bond donors (Lipinski definition) is 0. The summed E-state index contributed by atoms with van der Waals surface area (Å²) < 4.78 is 5.44. The molecule has 1 aromatic carbocycles. The van der Waals surface area contributed by atoms with Gasteiger partial charge < -0.3 is 4.74 Å². The van der Waals surface area contributed by atoms with E-state index in [2.05, 4.69) is 6.07 Å². The lowest BCUT2D eigenvalue weighted by molar-refractivity contribution is 0.170. The predicted octanol–water partition coefficient (Wildman–Crippen LogP) is 2.68. The van der Waals surface area contributed by atoms with Crippen LogP contribution in [0.5, 0.6) is 5.75 Å². The van der Waals surface area contributed by atoms with Gasteiger partial charge in [0.1, 0.15) is 11.8 Å². The molecule has 0 heterocycles. The molecule has 0 amide bonds. The van der Waals surface area contributed by atoms with Crippen molar-refractivity contribution in [2.75, 3.05) is 0 Å². The Labute approximate surface area is 78.8 Å². The first kappa shape index (κ1) is 9.60. The van der Waals surface area contributed by atoms with Crippen molar-refractivity contribution in [1.82, 2.24) is 0 Å². The van der Waals surface area contributed by atoms with E-state index in [0.717, 1.165) is 5.75 Å². The van der Waals surface area contributed by atoms with Crippen molar-refractivity contribution >= 4 is 0 Å². The van der Waals surface area contributed by atoms with Gasteiger partial charge in [0.15, 0.2) is 5.60 Å². The molecule has 1 rings (SSSR count). The van der Waals surface area contributed by atoms with Crippen LogP contribution in [0, 0.1) is 18.3 Å². The van der Waals surface area contributed by atoms with Gasteiger partial charge in [-0.3, -0.25) is 0 Å². The summed E-state index contributed by atoms with van der Waals surface area (Å²) >= 11 is 0. The van der Waals surface area contributed by atoms with E-state index in [1.54, 1.807) is 13.8 Å². The molecule has 0 aliphatic rings. The zero-order valence-corrected chi connectivity index (χ0v) is 8.16. The zero-order valence-electron chi connectivity index (χ0n) is 8.16. The Bertz CT molecular complexity index is 319. The summed E-state index contributed by atoms with van der Waals surface area (Å²) in [4.78, 5) is 0. The van der Waals surface area contributed by atoms with Crippen LogP contribution in [0.4, 0.5) is 0 Å². The molecule has 0 aliphatic carbocycles. The highest BCUT2D eigenvalue weighted by atomic mass is 16.5. The largest absolute Gasteiger partial charge is 0.473 e. The maximum atomic E-state index is 8.73. The molecule has 0 aromatic heterocycles. The highest BCUT2D eigenvalue weighted by Gasteiger charge is 2.17. The van der Waals surface area contributed by atoms with E-state index in [4.69, 9.17) is 10.00 Å². The fraction of sp³-hybridized carbons (Fsp3) is 0.364. The Balaban J connectivity index is 2.77. The number of ether oxygens (including phenoxy) is 1. The number of nitrogens with zero attached hydrogens (tertiary/aromatic N) is 1. The maximum absolute atomic E-state index is 8.73. The van der Waals surface area contributed by atoms with Crippen LogP contribution in [0.1, 0.15) is 19.4 Å². The van der Waals surface area contributed by atoms with Crippen molar-refractivity contribution in [2.45, 2.75) is 26.4 Å². The number of rotatable bonds is 2. The summed E-state index contributed by atoms with van der Waals surface area (Å²) in [6.45, 7) is 5.50. The lowest BCUT2D eigenvalue weighted by Gasteiger charge is -2.17. The molecular formula is C11H13NO. The zero-order chi connectivity index (χ0) is 9.90. The topological polar surface area (TPSA) is 33.0 Å². The molecule has 0 saturated carbocycles. The van der Waals surface area contributed by atoms with Crippen molar-refractivity contribution < 1.29 is 4.74 Å². The quantitative estimate of drug-likeness (QED) is 0.692. The van der Waals surface area contributed by atoms with Gasteiger partial charge in [0, 0.05) is 0 Å². The number of aryl methyl sites for hydroxylation is 1. The first-order valence-corrected chi connectivity index (χ1v) is 4.20. The minimum Gasteiger partial charge on any atom is -0.473 e. The molecule has 0 atom stereocenters. The minimum atomic E-state index is -0.755. The molecule has 0 aliphatic heterocycles. The van der Waals surface area contributed by atoms with E-state index in [1.165, 1.54) is 5.56 Å². The molecule has 68 valence electrons. The summed E-state index contributed by atoms with van der Waals surface area (Å²) in [5, 5.41) is 8.73. The molecule has 0 fully saturated rings. The van der Waals surface area contributed by atoms with E-state index in [-0.39, 0.29) is 0 Å². The van der Waals surface area contributed by atoms with Crippen LogP contribution in [0.2, 0.25) is 0 Å². The third-order valence-electron chi connectivity index (χ3n) is 1.66. The van der Waals surface area contributed by atoms with Gasteiger partial charge in [-0.25, -0.2) is 0 Å². The molecule has 0 N–H and O–H groups in total. The first-order chi connectivity index (χ1) is 6.03. The van der Waals surface area contributed by atoms with Crippen LogP contribution in [-0.4, -0.2) is 5.60 Å². The minimum absolute atomic E-state index is 0.733. The lowest BCUT2D eigenvalue weighted by Crippen LogP contribution is -2.25. The molecule has 0 bridgehead atoms. The van der Waals surface area contributed by atoms with Crippen molar-refractivity contribution in [1.29, 1.82) is 5.26 Å². The lowest BCUT2D eigenvalue weighted by atomic mass is 10.1. The van der Waals surface area contributed by atoms with E-state index in [0.29, 0.717) is 0 Å². The van der Waals surface area contributed by atoms with Gasteiger partial charge in [-0.2, -0.15) is 5.26 Å². The molecule has 0 spiro atoms. The summed E-state index contributed by atoms with van der Waals surface area (Å²) in [6, 6.07) is 9.74. The summed E-state index contributed by atoms with van der Waals surface area (Å²) in [5.74, 6) is 0.733. The van der Waals surface area contributed by atoms with Crippen LogP contribution >= 0.6 is 0 Å². The second kappa shape index (κ2) is 3.49. The van der Waals surface area contributed by atoms with E-state index in [9.17, 15) is 0 Å². The van der Waals surface area contributed by atoms with Crippen molar-refractivity contribution in [3.63, 3.8) is 0 Å². The van der Waals surface area contributed by atoms with Gasteiger partial charge in [-0.1, -0.05) is 17.7 Å². The normalized spacial score (nSPS) is 10.6. The average molecular weight is 175 g/mol. The predicted molar refractivity (Wildman–Crippen MR) is 51.5 cm³/mol. The number of hydrogen-bond acceptors (Lipinski definition) is 2. The molecule has 1 aromatic rings. The summed E-state index contributed by atoms with van der Waals surface area (Å²) in [6.07, 6.45) is 0. The Morgan fingerprint density at radius 2 is 1.77 bits per heavy atom. The molecule has 0 radical (unpaired) electrons. The van der Waals surface area contributed by atoms with Gasteiger partial charge in [0.2, 0.25) is 0 Å². The van der Waals surface area contributed by atoms with Crippen LogP contribution in [0.15, 0.2) is 24.3 Å². The molecule has 13 heavy (non-hydrogen) atoms. The van der Waals surface area contributed by atoms with Crippen LogP contribution < -0.4 is 4.74 Å². The van der Waals surface area contributed by atoms with Gasteiger partial charge in [-0.15, -0.1) is 0 Å². The Kier molecular flexibility index (Phi) is 2.57. The van der Waals surface area contributed by atoms with Crippen molar-refractivity contribution in [3.05, 3.63) is 29.8 Å². The molecular weight excluding hydrogens is 162 g/mol. The van der Waals surface area contributed by atoms with E-state index < -0.39 is 5.60 Å². The summed E-state index contributed by atoms with van der Waals surface area (Å²) in [5.41, 5.74) is 0.428. The second-order valence-electron chi connectivity index (χ2n) is 3.54. The summed E-state index contributed by atoms with van der Waals surface area (Å²) in [7, 11) is 0. The van der Waals surface area contributed by atoms with Crippen LogP contribution in [-0.2, 0) is 0 Å². The Morgan fingerprint density at radius 1 is 1.23 bits per heavy atom. The first-order valence-electron chi connectivity index (χ1n) is 4.20. The van der Waals surface area contributed by atoms with E-state index in [1.807, 2.05) is 31.2 Å². The SMILES string of the molecule is Cc1ccc(OC(C)(C)C#N)cc1. The van der Waals surface area contributed by atoms with Crippen molar-refractivity contribution in [3.8, 4) is 11.8 Å². The third-order valence-corrected chi connectivity index (χ3v) is 1.66. The average Bonchev–Trinajstić information content (AvgIpc) is 2.09. The fourth-order valence-electron chi connectivity index (χ4n) is 0.924. The smallest absolute Gasteiger partial charge is 0.188 e. The Hall–Kier alpha value is -1.49. The molecule has 0 unspecified atom stereocenters. The highest BCUT2D eigenvalue weighted by molar-refractivity contribution is 5.27.